The van der Waals surface area contributed by atoms with Crippen LogP contribution in [0.2, 0.25) is 0 Å². The summed E-state index contributed by atoms with van der Waals surface area (Å²) in [6, 6.07) is 6.06. The fourth-order valence-electron chi connectivity index (χ4n) is 2.03. The van der Waals surface area contributed by atoms with Crippen LogP contribution < -0.4 is 16.0 Å². The molecular formula is C15H23N3OS. The lowest BCUT2D eigenvalue weighted by atomic mass is 10.1. The molecule has 0 spiro atoms. The number of nitrogens with one attached hydrogen (secondary N) is 1. The molecule has 0 aliphatic carbocycles. The van der Waals surface area contributed by atoms with Gasteiger partial charge in [0.05, 0.1) is 6.54 Å². The molecule has 110 valence electrons. The van der Waals surface area contributed by atoms with Crippen molar-refractivity contribution >= 4 is 28.8 Å². The summed E-state index contributed by atoms with van der Waals surface area (Å²) in [5.74, 6) is -0.00341. The number of carbonyl (C=O) groups is 1. The van der Waals surface area contributed by atoms with Crippen molar-refractivity contribution in [3.05, 3.63) is 29.3 Å². The Morgan fingerprint density at radius 1 is 1.45 bits per heavy atom. The maximum atomic E-state index is 11.9. The molecule has 0 aromatic heterocycles. The molecule has 5 heteroatoms. The standard InChI is InChI=1S/C15H23N3OS/c1-5-18(9-14(19)17-10(2)3)13-7-6-11(4)8-12(13)15(16)20/h6-8,10H,5,9H2,1-4H3,(H2,16,20)(H,17,19). The van der Waals surface area contributed by atoms with Gasteiger partial charge in [0.25, 0.3) is 0 Å². The van der Waals surface area contributed by atoms with Gasteiger partial charge in [-0.2, -0.15) is 0 Å². The molecule has 3 N–H and O–H groups in total. The zero-order valence-electron chi connectivity index (χ0n) is 12.6. The van der Waals surface area contributed by atoms with E-state index >= 15 is 0 Å². The van der Waals surface area contributed by atoms with E-state index in [-0.39, 0.29) is 11.9 Å². The third-order valence-electron chi connectivity index (χ3n) is 2.92. The molecule has 0 aliphatic heterocycles. The van der Waals surface area contributed by atoms with Gasteiger partial charge in [-0.1, -0.05) is 23.8 Å². The highest BCUT2D eigenvalue weighted by Gasteiger charge is 2.15. The third-order valence-corrected chi connectivity index (χ3v) is 3.14. The van der Waals surface area contributed by atoms with Crippen molar-refractivity contribution < 1.29 is 4.79 Å². The number of nitrogens with zero attached hydrogens (tertiary/aromatic N) is 1. The Balaban J connectivity index is 3.00. The molecule has 1 aromatic carbocycles. The number of carbonyl (C=O) groups excluding carboxylic acids is 1. The molecule has 1 amide bonds. The zero-order chi connectivity index (χ0) is 15.3. The molecule has 4 nitrogen and oxygen atoms in total. The van der Waals surface area contributed by atoms with Crippen LogP contribution in [0.15, 0.2) is 18.2 Å². The summed E-state index contributed by atoms with van der Waals surface area (Å²) in [7, 11) is 0. The van der Waals surface area contributed by atoms with E-state index in [1.54, 1.807) is 0 Å². The summed E-state index contributed by atoms with van der Waals surface area (Å²) >= 11 is 5.11. The summed E-state index contributed by atoms with van der Waals surface area (Å²) in [5.41, 5.74) is 8.61. The number of benzene rings is 1. The van der Waals surface area contributed by atoms with Crippen molar-refractivity contribution in [1.29, 1.82) is 0 Å². The van der Waals surface area contributed by atoms with E-state index in [9.17, 15) is 4.79 Å². The highest BCUT2D eigenvalue weighted by Crippen LogP contribution is 2.21. The Morgan fingerprint density at radius 2 is 2.10 bits per heavy atom. The number of amides is 1. The molecule has 0 radical (unpaired) electrons. The summed E-state index contributed by atoms with van der Waals surface area (Å²) in [6.07, 6.45) is 0. The van der Waals surface area contributed by atoms with E-state index < -0.39 is 0 Å². The van der Waals surface area contributed by atoms with Crippen LogP contribution in [0.3, 0.4) is 0 Å². The predicted molar refractivity (Wildman–Crippen MR) is 88.2 cm³/mol. The van der Waals surface area contributed by atoms with E-state index in [0.29, 0.717) is 18.1 Å². The molecule has 0 saturated carbocycles. The van der Waals surface area contributed by atoms with Crippen LogP contribution in [0.4, 0.5) is 5.69 Å². The van der Waals surface area contributed by atoms with Crippen LogP contribution in [-0.2, 0) is 4.79 Å². The predicted octanol–water partition coefficient (Wildman–Crippen LogP) is 1.98. The molecule has 0 aliphatic rings. The van der Waals surface area contributed by atoms with Crippen LogP contribution >= 0.6 is 12.2 Å². The van der Waals surface area contributed by atoms with Gasteiger partial charge in [0, 0.05) is 23.8 Å². The fraction of sp³-hybridized carbons (Fsp3) is 0.467. The highest BCUT2D eigenvalue weighted by atomic mass is 32.1. The summed E-state index contributed by atoms with van der Waals surface area (Å²) in [4.78, 5) is 14.3. The number of anilines is 1. The van der Waals surface area contributed by atoms with Crippen LogP contribution in [0.1, 0.15) is 31.9 Å². The van der Waals surface area contributed by atoms with Gasteiger partial charge in [-0.15, -0.1) is 0 Å². The molecule has 0 bridgehead atoms. The van der Waals surface area contributed by atoms with Crippen LogP contribution in [0.25, 0.3) is 0 Å². The summed E-state index contributed by atoms with van der Waals surface area (Å²) < 4.78 is 0. The summed E-state index contributed by atoms with van der Waals surface area (Å²) in [5, 5.41) is 2.89. The number of hydrogen-bond donors (Lipinski definition) is 2. The zero-order valence-corrected chi connectivity index (χ0v) is 13.4. The van der Waals surface area contributed by atoms with Gasteiger partial charge in [0.1, 0.15) is 4.99 Å². The molecule has 0 heterocycles. The van der Waals surface area contributed by atoms with Gasteiger partial charge in [-0.05, 0) is 39.8 Å². The average Bonchev–Trinajstić information content (AvgIpc) is 2.35. The smallest absolute Gasteiger partial charge is 0.239 e. The van der Waals surface area contributed by atoms with Crippen LogP contribution in [-0.4, -0.2) is 30.0 Å². The van der Waals surface area contributed by atoms with Crippen LogP contribution in [0.5, 0.6) is 0 Å². The average molecular weight is 293 g/mol. The number of rotatable bonds is 6. The quantitative estimate of drug-likeness (QED) is 0.788. The second-order valence-electron chi connectivity index (χ2n) is 5.12. The van der Waals surface area contributed by atoms with Gasteiger partial charge in [0.15, 0.2) is 0 Å². The molecule has 1 rings (SSSR count). The van der Waals surface area contributed by atoms with E-state index in [4.69, 9.17) is 18.0 Å². The number of nitrogens with two attached hydrogens (primary N) is 1. The largest absolute Gasteiger partial charge is 0.389 e. The summed E-state index contributed by atoms with van der Waals surface area (Å²) in [6.45, 7) is 8.90. The number of hydrogen-bond acceptors (Lipinski definition) is 3. The first-order valence-electron chi connectivity index (χ1n) is 6.80. The number of likely N-dealkylation sites (N-methyl/N-ethyl adjacent to an activating group) is 1. The molecule has 0 fully saturated rings. The van der Waals surface area contributed by atoms with Gasteiger partial charge in [-0.3, -0.25) is 4.79 Å². The Kier molecular flexibility index (Phi) is 5.95. The van der Waals surface area contributed by atoms with Crippen LogP contribution in [0, 0.1) is 6.92 Å². The lowest BCUT2D eigenvalue weighted by Crippen LogP contribution is -2.40. The highest BCUT2D eigenvalue weighted by molar-refractivity contribution is 7.80. The first-order chi connectivity index (χ1) is 9.35. The molecule has 0 atom stereocenters. The maximum absolute atomic E-state index is 11.9. The van der Waals surface area contributed by atoms with E-state index in [1.807, 2.05) is 50.8 Å². The fourth-order valence-corrected chi connectivity index (χ4v) is 2.19. The molecular weight excluding hydrogens is 270 g/mol. The van der Waals surface area contributed by atoms with Crippen molar-refractivity contribution in [3.8, 4) is 0 Å². The SMILES string of the molecule is CCN(CC(=O)NC(C)C)c1ccc(C)cc1C(N)=S. The van der Waals surface area contributed by atoms with Crippen molar-refractivity contribution in [2.24, 2.45) is 5.73 Å². The monoisotopic (exact) mass is 293 g/mol. The number of aryl methyl sites for hydroxylation is 1. The third kappa shape index (κ3) is 4.49. The van der Waals surface area contributed by atoms with Crippen molar-refractivity contribution in [2.45, 2.75) is 33.7 Å². The minimum atomic E-state index is -0.00341. The number of thiocarbonyl (C=S) groups is 1. The lowest BCUT2D eigenvalue weighted by Gasteiger charge is -2.25. The Bertz CT molecular complexity index is 500. The van der Waals surface area contributed by atoms with Crippen molar-refractivity contribution in [2.75, 3.05) is 18.0 Å². The second-order valence-corrected chi connectivity index (χ2v) is 5.56. The molecule has 20 heavy (non-hydrogen) atoms. The van der Waals surface area contributed by atoms with E-state index in [1.165, 1.54) is 0 Å². The second kappa shape index (κ2) is 7.24. The van der Waals surface area contributed by atoms with Gasteiger partial charge < -0.3 is 16.0 Å². The first-order valence-corrected chi connectivity index (χ1v) is 7.20. The van der Waals surface area contributed by atoms with Crippen molar-refractivity contribution in [3.63, 3.8) is 0 Å². The van der Waals surface area contributed by atoms with Crippen molar-refractivity contribution in [1.82, 2.24) is 5.32 Å². The Hall–Kier alpha value is -1.62. The molecule has 0 unspecified atom stereocenters. The topological polar surface area (TPSA) is 58.4 Å². The first kappa shape index (κ1) is 16.4. The molecule has 1 aromatic rings. The minimum Gasteiger partial charge on any atom is -0.389 e. The Labute approximate surface area is 126 Å². The van der Waals surface area contributed by atoms with Gasteiger partial charge in [0.2, 0.25) is 5.91 Å². The normalized spacial score (nSPS) is 10.4. The van der Waals surface area contributed by atoms with E-state index in [0.717, 1.165) is 16.8 Å². The lowest BCUT2D eigenvalue weighted by molar-refractivity contribution is -0.120. The maximum Gasteiger partial charge on any atom is 0.239 e. The minimum absolute atomic E-state index is 0.00341. The van der Waals surface area contributed by atoms with E-state index in [2.05, 4.69) is 5.32 Å². The van der Waals surface area contributed by atoms with Gasteiger partial charge in [-0.25, -0.2) is 0 Å². The molecule has 0 saturated heterocycles. The van der Waals surface area contributed by atoms with Gasteiger partial charge >= 0.3 is 0 Å². The Morgan fingerprint density at radius 3 is 2.60 bits per heavy atom.